The summed E-state index contributed by atoms with van der Waals surface area (Å²) in [4.78, 5) is 24.8. The van der Waals surface area contributed by atoms with Gasteiger partial charge in [0.05, 0.1) is 21.6 Å². The molecule has 0 amide bonds. The van der Waals surface area contributed by atoms with Crippen LogP contribution in [-0.2, 0) is 15.8 Å². The predicted octanol–water partition coefficient (Wildman–Crippen LogP) is 3.25. The molecule has 10 heteroatoms. The summed E-state index contributed by atoms with van der Waals surface area (Å²) in [5.41, 5.74) is 3.44. The summed E-state index contributed by atoms with van der Waals surface area (Å²) in [5.74, 6) is 0.461. The molecule has 3 heterocycles. The summed E-state index contributed by atoms with van der Waals surface area (Å²) in [5, 5.41) is 0.634. The first-order valence-electron chi connectivity index (χ1n) is 9.97. The summed E-state index contributed by atoms with van der Waals surface area (Å²) >= 11 is 1.41. The summed E-state index contributed by atoms with van der Waals surface area (Å²) in [7, 11) is -3.55. The molecule has 2 N–H and O–H groups in total. The van der Waals surface area contributed by atoms with E-state index in [0.29, 0.717) is 39.8 Å². The number of pyridine rings is 1. The van der Waals surface area contributed by atoms with E-state index in [2.05, 4.69) is 19.7 Å². The molecule has 0 saturated heterocycles. The van der Waals surface area contributed by atoms with Crippen molar-refractivity contribution in [1.82, 2.24) is 24.1 Å². The van der Waals surface area contributed by atoms with E-state index in [-0.39, 0.29) is 10.5 Å². The van der Waals surface area contributed by atoms with Gasteiger partial charge in [-0.2, -0.15) is 0 Å². The van der Waals surface area contributed by atoms with Crippen molar-refractivity contribution < 1.29 is 8.42 Å². The third-order valence-corrected chi connectivity index (χ3v) is 7.15. The van der Waals surface area contributed by atoms with E-state index < -0.39 is 10.0 Å². The Hall–Kier alpha value is -2.69. The highest BCUT2D eigenvalue weighted by molar-refractivity contribution is 7.98. The van der Waals surface area contributed by atoms with Gasteiger partial charge in [0, 0.05) is 24.6 Å². The van der Waals surface area contributed by atoms with Gasteiger partial charge >= 0.3 is 0 Å². The molecule has 0 bridgehead atoms. The van der Waals surface area contributed by atoms with Crippen molar-refractivity contribution >= 4 is 38.5 Å². The lowest BCUT2D eigenvalue weighted by Gasteiger charge is -2.05. The number of fused-ring (bicyclic) bond motifs is 2. The zero-order valence-electron chi connectivity index (χ0n) is 17.3. The fourth-order valence-electron chi connectivity index (χ4n) is 3.14. The van der Waals surface area contributed by atoms with E-state index in [4.69, 9.17) is 0 Å². The minimum atomic E-state index is -3.55. The highest BCUT2D eigenvalue weighted by atomic mass is 32.2. The van der Waals surface area contributed by atoms with Gasteiger partial charge in [-0.05, 0) is 43.2 Å². The quantitative estimate of drug-likeness (QED) is 0.311. The van der Waals surface area contributed by atoms with Gasteiger partial charge in [0.1, 0.15) is 5.65 Å². The molecule has 3 aromatic heterocycles. The number of nitrogens with zero attached hydrogens (tertiary/aromatic N) is 3. The average Bonchev–Trinajstić information content (AvgIpc) is 3.15. The third kappa shape index (κ3) is 4.81. The Labute approximate surface area is 184 Å². The Balaban J connectivity index is 1.52. The van der Waals surface area contributed by atoms with Crippen LogP contribution in [0.2, 0.25) is 0 Å². The van der Waals surface area contributed by atoms with E-state index in [1.165, 1.54) is 22.2 Å². The third-order valence-electron chi connectivity index (χ3n) is 4.78. The van der Waals surface area contributed by atoms with Crippen LogP contribution in [0.4, 0.5) is 0 Å². The van der Waals surface area contributed by atoms with Gasteiger partial charge in [-0.25, -0.2) is 23.1 Å². The number of H-pyrrole nitrogens is 1. The highest BCUT2D eigenvalue weighted by Crippen LogP contribution is 2.24. The molecule has 0 spiro atoms. The molecule has 1 aromatic carbocycles. The van der Waals surface area contributed by atoms with Crippen molar-refractivity contribution in [2.75, 3.05) is 6.54 Å². The first-order chi connectivity index (χ1) is 14.9. The van der Waals surface area contributed by atoms with Crippen molar-refractivity contribution in [3.05, 3.63) is 64.2 Å². The predicted molar refractivity (Wildman–Crippen MR) is 122 cm³/mol. The maximum atomic E-state index is 12.4. The Morgan fingerprint density at radius 2 is 2.00 bits per heavy atom. The van der Waals surface area contributed by atoms with Crippen molar-refractivity contribution in [3.8, 4) is 0 Å². The zero-order valence-corrected chi connectivity index (χ0v) is 18.9. The number of sulfonamides is 1. The van der Waals surface area contributed by atoms with Gasteiger partial charge in [-0.3, -0.25) is 9.20 Å². The number of thioether (sulfide) groups is 1. The molecular weight excluding hydrogens is 434 g/mol. The number of imidazole rings is 1. The molecule has 0 unspecified atom stereocenters. The van der Waals surface area contributed by atoms with Crippen molar-refractivity contribution in [2.24, 2.45) is 0 Å². The van der Waals surface area contributed by atoms with Gasteiger partial charge in [-0.1, -0.05) is 31.2 Å². The Bertz CT molecular complexity index is 1410. The SMILES string of the molecule is CCCCNS(=O)(=O)c1ccc2nc(SCc3cc(=O)n4cc(C)ccc4n3)[nH]c2c1. The molecule has 4 aromatic rings. The summed E-state index contributed by atoms with van der Waals surface area (Å²) < 4.78 is 29.0. The largest absolute Gasteiger partial charge is 0.333 e. The topological polar surface area (TPSA) is 109 Å². The molecule has 0 atom stereocenters. The summed E-state index contributed by atoms with van der Waals surface area (Å²) in [6.45, 7) is 4.35. The Morgan fingerprint density at radius 1 is 1.16 bits per heavy atom. The zero-order chi connectivity index (χ0) is 22.0. The normalized spacial score (nSPS) is 12.1. The van der Waals surface area contributed by atoms with Crippen LogP contribution in [0.3, 0.4) is 0 Å². The number of rotatable bonds is 8. The number of nitrogens with one attached hydrogen (secondary N) is 2. The van der Waals surface area contributed by atoms with Gasteiger partial charge in [0.25, 0.3) is 5.56 Å². The van der Waals surface area contributed by atoms with E-state index in [9.17, 15) is 13.2 Å². The monoisotopic (exact) mass is 457 g/mol. The summed E-state index contributed by atoms with van der Waals surface area (Å²) in [6.07, 6.45) is 3.48. The first kappa shape index (κ1) is 21.5. The van der Waals surface area contributed by atoms with Crippen LogP contribution < -0.4 is 10.3 Å². The number of aromatic amines is 1. The lowest BCUT2D eigenvalue weighted by atomic mass is 10.3. The second-order valence-corrected chi connectivity index (χ2v) is 10.0. The van der Waals surface area contributed by atoms with Crippen LogP contribution in [0.1, 0.15) is 31.0 Å². The first-order valence-corrected chi connectivity index (χ1v) is 12.4. The van der Waals surface area contributed by atoms with Crippen LogP contribution in [0.15, 0.2) is 57.4 Å². The molecule has 0 fully saturated rings. The molecule has 0 aliphatic rings. The van der Waals surface area contributed by atoms with Gasteiger partial charge in [0.2, 0.25) is 10.0 Å². The molecule has 0 radical (unpaired) electrons. The minimum Gasteiger partial charge on any atom is -0.333 e. The number of hydrogen-bond donors (Lipinski definition) is 2. The van der Waals surface area contributed by atoms with Crippen LogP contribution in [0, 0.1) is 6.92 Å². The van der Waals surface area contributed by atoms with Crippen molar-refractivity contribution in [2.45, 2.75) is 42.5 Å². The number of hydrogen-bond acceptors (Lipinski definition) is 6. The molecule has 0 aliphatic heterocycles. The fourth-order valence-corrected chi connectivity index (χ4v) is 5.02. The van der Waals surface area contributed by atoms with E-state index in [1.807, 2.05) is 26.0 Å². The highest BCUT2D eigenvalue weighted by Gasteiger charge is 2.15. The maximum Gasteiger partial charge on any atom is 0.258 e. The molecule has 0 aliphatic carbocycles. The second-order valence-electron chi connectivity index (χ2n) is 7.28. The van der Waals surface area contributed by atoms with Gasteiger partial charge < -0.3 is 4.98 Å². The molecule has 0 saturated carbocycles. The lowest BCUT2D eigenvalue weighted by molar-refractivity contribution is 0.578. The maximum absolute atomic E-state index is 12.4. The van der Waals surface area contributed by atoms with Crippen LogP contribution >= 0.6 is 11.8 Å². The van der Waals surface area contributed by atoms with Crippen LogP contribution in [0.5, 0.6) is 0 Å². The molecule has 31 heavy (non-hydrogen) atoms. The van der Waals surface area contributed by atoms with Gasteiger partial charge in [-0.15, -0.1) is 0 Å². The lowest BCUT2D eigenvalue weighted by Crippen LogP contribution is -2.24. The molecule has 162 valence electrons. The van der Waals surface area contributed by atoms with E-state index in [0.717, 1.165) is 18.4 Å². The smallest absolute Gasteiger partial charge is 0.258 e. The fraction of sp³-hybridized carbons (Fsp3) is 0.286. The molecular formula is C21H23N5O3S2. The minimum absolute atomic E-state index is 0.126. The number of benzene rings is 1. The average molecular weight is 458 g/mol. The molecule has 4 rings (SSSR count). The van der Waals surface area contributed by atoms with Crippen LogP contribution in [-0.4, -0.2) is 34.3 Å². The van der Waals surface area contributed by atoms with Crippen molar-refractivity contribution in [3.63, 3.8) is 0 Å². The number of aromatic nitrogens is 4. The Morgan fingerprint density at radius 3 is 2.81 bits per heavy atom. The summed E-state index contributed by atoms with van der Waals surface area (Å²) in [6, 6.07) is 10.1. The van der Waals surface area contributed by atoms with Gasteiger partial charge in [0.15, 0.2) is 5.16 Å². The number of unbranched alkanes of at least 4 members (excludes halogenated alkanes) is 1. The second kappa shape index (κ2) is 8.81. The van der Waals surface area contributed by atoms with E-state index >= 15 is 0 Å². The standard InChI is InChI=1S/C21H23N5O3S2/c1-3-4-9-22-31(28,29)16-6-7-17-18(11-16)25-21(24-17)30-13-15-10-20(27)26-12-14(2)5-8-19(26)23-15/h5-8,10-12,22H,3-4,9,13H2,1-2H3,(H,24,25). The van der Waals surface area contributed by atoms with E-state index in [1.54, 1.807) is 24.4 Å². The van der Waals surface area contributed by atoms with Crippen LogP contribution in [0.25, 0.3) is 16.7 Å². The van der Waals surface area contributed by atoms with Crippen molar-refractivity contribution in [1.29, 1.82) is 0 Å². The molecule has 8 nitrogen and oxygen atoms in total. The number of aryl methyl sites for hydroxylation is 1. The Kier molecular flexibility index (Phi) is 6.12.